The van der Waals surface area contributed by atoms with Crippen molar-refractivity contribution in [2.75, 3.05) is 0 Å². The average molecular weight is 453 g/mol. The minimum atomic E-state index is 0.917. The summed E-state index contributed by atoms with van der Waals surface area (Å²) in [5, 5.41) is 4.86. The van der Waals surface area contributed by atoms with E-state index in [-0.39, 0.29) is 0 Å². The zero-order valence-electron chi connectivity index (χ0n) is 18.4. The van der Waals surface area contributed by atoms with Crippen LogP contribution < -0.4 is 0 Å². The summed E-state index contributed by atoms with van der Waals surface area (Å²) in [5.74, 6) is 1.84. The first-order chi connectivity index (χ1) is 16.9. The maximum absolute atomic E-state index is 6.74. The highest BCUT2D eigenvalue weighted by Gasteiger charge is 2.22. The first kappa shape index (κ1) is 19.3. The van der Waals surface area contributed by atoms with Gasteiger partial charge in [0.2, 0.25) is 0 Å². The summed E-state index contributed by atoms with van der Waals surface area (Å²) in [6.07, 6.45) is 0. The van der Waals surface area contributed by atoms with E-state index >= 15 is 0 Å². The van der Waals surface area contributed by atoms with Crippen LogP contribution in [-0.2, 0) is 0 Å². The predicted octanol–water partition coefficient (Wildman–Crippen LogP) is 9.80. The Morgan fingerprint density at radius 2 is 1.03 bits per heavy atom. The molecule has 0 aliphatic heterocycles. The molecule has 0 amide bonds. The van der Waals surface area contributed by atoms with Crippen molar-refractivity contribution in [3.8, 4) is 33.8 Å². The van der Waals surface area contributed by atoms with Crippen LogP contribution in [-0.4, -0.2) is 0 Å². The first-order valence-corrected chi connectivity index (χ1v) is 12.3. The molecule has 0 fully saturated rings. The number of fused-ring (bicyclic) bond motifs is 4. The van der Waals surface area contributed by atoms with Gasteiger partial charge in [-0.2, -0.15) is 0 Å². The Morgan fingerprint density at radius 1 is 0.441 bits per heavy atom. The highest BCUT2D eigenvalue weighted by Crippen LogP contribution is 2.48. The zero-order valence-corrected chi connectivity index (χ0v) is 19.2. The smallest absolute Gasteiger partial charge is 0.143 e. The zero-order chi connectivity index (χ0) is 22.5. The van der Waals surface area contributed by atoms with Gasteiger partial charge in [-0.15, -0.1) is 11.3 Å². The van der Waals surface area contributed by atoms with Crippen LogP contribution in [0.15, 0.2) is 126 Å². The molecule has 0 saturated carbocycles. The van der Waals surface area contributed by atoms with Crippen molar-refractivity contribution in [3.05, 3.63) is 121 Å². The van der Waals surface area contributed by atoms with Gasteiger partial charge in [0.25, 0.3) is 0 Å². The maximum atomic E-state index is 6.74. The van der Waals surface area contributed by atoms with Crippen molar-refractivity contribution in [1.82, 2.24) is 0 Å². The van der Waals surface area contributed by atoms with E-state index in [9.17, 15) is 0 Å². The van der Waals surface area contributed by atoms with Gasteiger partial charge in [-0.05, 0) is 23.8 Å². The van der Waals surface area contributed by atoms with Crippen molar-refractivity contribution in [2.45, 2.75) is 0 Å². The lowest BCUT2D eigenvalue weighted by Gasteiger charge is -2.11. The van der Waals surface area contributed by atoms with Gasteiger partial charge in [0.15, 0.2) is 0 Å². The lowest BCUT2D eigenvalue weighted by Crippen LogP contribution is -1.86. The molecule has 0 unspecified atom stereocenters. The fourth-order valence-electron chi connectivity index (χ4n) is 5.01. The second kappa shape index (κ2) is 7.72. The molecule has 0 saturated heterocycles. The summed E-state index contributed by atoms with van der Waals surface area (Å²) in [6.45, 7) is 0. The Bertz CT molecular complexity index is 1790. The molecule has 1 nitrogen and oxygen atoms in total. The molecule has 7 aromatic rings. The van der Waals surface area contributed by atoms with Crippen LogP contribution in [0.1, 0.15) is 0 Å². The second-order valence-electron chi connectivity index (χ2n) is 8.50. The summed E-state index contributed by atoms with van der Waals surface area (Å²) in [6, 6.07) is 42.8. The van der Waals surface area contributed by atoms with E-state index in [2.05, 4.69) is 115 Å². The van der Waals surface area contributed by atoms with Crippen LogP contribution in [0.5, 0.6) is 0 Å². The lowest BCUT2D eigenvalue weighted by atomic mass is 9.92. The molecule has 0 atom stereocenters. The summed E-state index contributed by atoms with van der Waals surface area (Å²) >= 11 is 1.85. The first-order valence-electron chi connectivity index (χ1n) is 11.5. The standard InChI is InChI=1S/C32H20OS/c1-3-11-21(12-4-1)29-26(19-20-28-30(29)25-17-9-10-18-27(25)34-28)32-24-16-8-7-15-23(24)31(33-32)22-13-5-2-6-14-22/h1-20H. The van der Waals surface area contributed by atoms with Gasteiger partial charge in [0, 0.05) is 47.6 Å². The molecule has 0 radical (unpaired) electrons. The molecule has 34 heavy (non-hydrogen) atoms. The summed E-state index contributed by atoms with van der Waals surface area (Å²) in [4.78, 5) is 0. The van der Waals surface area contributed by atoms with Gasteiger partial charge >= 0.3 is 0 Å². The second-order valence-corrected chi connectivity index (χ2v) is 9.58. The van der Waals surface area contributed by atoms with Crippen LogP contribution in [0.4, 0.5) is 0 Å². The monoisotopic (exact) mass is 452 g/mol. The number of benzene rings is 5. The van der Waals surface area contributed by atoms with Crippen molar-refractivity contribution in [1.29, 1.82) is 0 Å². The number of hydrogen-bond acceptors (Lipinski definition) is 2. The molecule has 0 aliphatic carbocycles. The van der Waals surface area contributed by atoms with Crippen molar-refractivity contribution in [3.63, 3.8) is 0 Å². The Hall–Kier alpha value is -4.14. The fourth-order valence-corrected chi connectivity index (χ4v) is 6.12. The van der Waals surface area contributed by atoms with Crippen molar-refractivity contribution >= 4 is 42.3 Å². The fraction of sp³-hybridized carbons (Fsp3) is 0. The van der Waals surface area contributed by atoms with Crippen molar-refractivity contribution in [2.24, 2.45) is 0 Å². The van der Waals surface area contributed by atoms with E-state index in [1.807, 2.05) is 17.4 Å². The molecule has 0 N–H and O–H groups in total. The summed E-state index contributed by atoms with van der Waals surface area (Å²) in [5.41, 5.74) is 4.65. The molecule has 2 heterocycles. The van der Waals surface area contributed by atoms with Crippen LogP contribution in [0.2, 0.25) is 0 Å². The topological polar surface area (TPSA) is 13.1 Å². The molecule has 0 spiro atoms. The molecular formula is C32H20OS. The largest absolute Gasteiger partial charge is 0.455 e. The molecule has 0 bridgehead atoms. The van der Waals surface area contributed by atoms with Crippen LogP contribution in [0, 0.1) is 0 Å². The van der Waals surface area contributed by atoms with Gasteiger partial charge in [-0.1, -0.05) is 103 Å². The number of furan rings is 1. The van der Waals surface area contributed by atoms with Gasteiger partial charge in [-0.3, -0.25) is 0 Å². The van der Waals surface area contributed by atoms with Crippen LogP contribution in [0.3, 0.4) is 0 Å². The van der Waals surface area contributed by atoms with Crippen molar-refractivity contribution < 1.29 is 4.42 Å². The third-order valence-electron chi connectivity index (χ3n) is 6.51. The Labute approximate surface area is 201 Å². The normalized spacial score (nSPS) is 11.5. The Morgan fingerprint density at radius 3 is 1.76 bits per heavy atom. The third-order valence-corrected chi connectivity index (χ3v) is 7.64. The highest BCUT2D eigenvalue weighted by molar-refractivity contribution is 7.26. The van der Waals surface area contributed by atoms with E-state index in [4.69, 9.17) is 4.42 Å². The van der Waals surface area contributed by atoms with Crippen LogP contribution in [0.25, 0.3) is 64.7 Å². The van der Waals surface area contributed by atoms with E-state index in [0.29, 0.717) is 0 Å². The summed E-state index contributed by atoms with van der Waals surface area (Å²) in [7, 11) is 0. The van der Waals surface area contributed by atoms with E-state index in [1.165, 1.54) is 31.3 Å². The molecule has 0 aliphatic rings. The number of thiophene rings is 1. The van der Waals surface area contributed by atoms with E-state index in [1.54, 1.807) is 0 Å². The molecule has 160 valence electrons. The molecule has 2 aromatic heterocycles. The molecule has 5 aromatic carbocycles. The van der Waals surface area contributed by atoms with Gasteiger partial charge in [-0.25, -0.2) is 0 Å². The predicted molar refractivity (Wildman–Crippen MR) is 145 cm³/mol. The number of hydrogen-bond donors (Lipinski definition) is 0. The maximum Gasteiger partial charge on any atom is 0.143 e. The SMILES string of the molecule is c1ccc(-c2oc(-c3ccc4sc5ccccc5c4c3-c3ccccc3)c3ccccc23)cc1. The quantitative estimate of drug-likeness (QED) is 0.260. The van der Waals surface area contributed by atoms with E-state index < -0.39 is 0 Å². The summed E-state index contributed by atoms with van der Waals surface area (Å²) < 4.78 is 9.34. The Kier molecular flexibility index (Phi) is 4.39. The molecule has 7 rings (SSSR count). The molecular weight excluding hydrogens is 432 g/mol. The van der Waals surface area contributed by atoms with Gasteiger partial charge < -0.3 is 4.42 Å². The molecule has 2 heteroatoms. The Balaban J connectivity index is 1.62. The minimum Gasteiger partial charge on any atom is -0.455 e. The van der Waals surface area contributed by atoms with Crippen LogP contribution >= 0.6 is 11.3 Å². The third kappa shape index (κ3) is 2.93. The van der Waals surface area contributed by atoms with E-state index in [0.717, 1.165) is 33.4 Å². The highest BCUT2D eigenvalue weighted by atomic mass is 32.1. The lowest BCUT2D eigenvalue weighted by molar-refractivity contribution is 0.602. The number of rotatable bonds is 3. The average Bonchev–Trinajstić information content (AvgIpc) is 3.48. The van der Waals surface area contributed by atoms with Gasteiger partial charge in [0.05, 0.1) is 0 Å². The minimum absolute atomic E-state index is 0.917. The van der Waals surface area contributed by atoms with Gasteiger partial charge in [0.1, 0.15) is 11.5 Å².